The normalized spacial score (nSPS) is 10.8. The zero-order chi connectivity index (χ0) is 14.7. The van der Waals surface area contributed by atoms with Crippen LogP contribution in [-0.2, 0) is 5.75 Å². The number of rotatable bonds is 5. The van der Waals surface area contributed by atoms with E-state index in [-0.39, 0.29) is 0 Å². The molecule has 0 saturated heterocycles. The summed E-state index contributed by atoms with van der Waals surface area (Å²) >= 11 is 1.53. The molecule has 21 heavy (non-hydrogen) atoms. The Morgan fingerprint density at radius 2 is 2.19 bits per heavy atom. The van der Waals surface area contributed by atoms with Crippen LogP contribution in [0.2, 0.25) is 0 Å². The van der Waals surface area contributed by atoms with Gasteiger partial charge in [0.1, 0.15) is 5.76 Å². The van der Waals surface area contributed by atoms with Crippen molar-refractivity contribution in [1.82, 2.24) is 20.3 Å². The van der Waals surface area contributed by atoms with Gasteiger partial charge in [-0.1, -0.05) is 29.1 Å². The van der Waals surface area contributed by atoms with E-state index in [4.69, 9.17) is 4.52 Å². The lowest BCUT2D eigenvalue weighted by molar-refractivity contribution is 0.393. The maximum Gasteiger partial charge on any atom is 0.247 e. The summed E-state index contributed by atoms with van der Waals surface area (Å²) < 4.78 is 5.03. The fraction of sp³-hybridized carbons (Fsp3) is 0.214. The first kappa shape index (κ1) is 13.7. The van der Waals surface area contributed by atoms with E-state index in [0.29, 0.717) is 11.7 Å². The molecule has 0 bridgehead atoms. The minimum atomic E-state index is 0.555. The minimum absolute atomic E-state index is 0.555. The molecule has 108 valence electrons. The van der Waals surface area contributed by atoms with Crippen molar-refractivity contribution in [3.05, 3.63) is 47.3 Å². The van der Waals surface area contributed by atoms with Crippen LogP contribution in [0.4, 0.5) is 11.6 Å². The summed E-state index contributed by atoms with van der Waals surface area (Å²) in [6.07, 6.45) is 0. The van der Waals surface area contributed by atoms with Crippen LogP contribution >= 0.6 is 11.8 Å². The molecule has 3 aromatic rings. The van der Waals surface area contributed by atoms with E-state index < -0.39 is 0 Å². The van der Waals surface area contributed by atoms with Gasteiger partial charge in [-0.3, -0.25) is 5.10 Å². The third kappa shape index (κ3) is 3.63. The molecule has 6 nitrogen and oxygen atoms in total. The fourth-order valence-electron chi connectivity index (χ4n) is 1.85. The minimum Gasteiger partial charge on any atom is -0.361 e. The molecular weight excluding hydrogens is 286 g/mol. The summed E-state index contributed by atoms with van der Waals surface area (Å²) in [6, 6.07) is 9.97. The first-order valence-corrected chi connectivity index (χ1v) is 7.49. The van der Waals surface area contributed by atoms with E-state index in [1.165, 1.54) is 17.3 Å². The standard InChI is InChI=1S/C14H15N5OS/c1-9-4-3-5-11(6-9)15-13-16-14(18-17-13)21-8-12-7-10(2)20-19-12/h3-7H,8H2,1-2H3,(H2,15,16,17,18). The Morgan fingerprint density at radius 3 is 2.95 bits per heavy atom. The van der Waals surface area contributed by atoms with Crippen LogP contribution in [0.25, 0.3) is 0 Å². The van der Waals surface area contributed by atoms with Gasteiger partial charge in [0, 0.05) is 17.5 Å². The Labute approximate surface area is 126 Å². The molecule has 0 unspecified atom stereocenters. The molecule has 0 amide bonds. The van der Waals surface area contributed by atoms with Crippen molar-refractivity contribution in [2.45, 2.75) is 24.8 Å². The Hall–Kier alpha value is -2.28. The molecule has 0 fully saturated rings. The second kappa shape index (κ2) is 6.01. The molecule has 0 saturated carbocycles. The molecule has 2 heterocycles. The number of aromatic amines is 1. The van der Waals surface area contributed by atoms with Crippen molar-refractivity contribution in [2.24, 2.45) is 0 Å². The average molecular weight is 301 g/mol. The lowest BCUT2D eigenvalue weighted by atomic mass is 10.2. The molecule has 7 heteroatoms. The molecule has 2 N–H and O–H groups in total. The van der Waals surface area contributed by atoms with Crippen LogP contribution < -0.4 is 5.32 Å². The molecule has 0 atom stereocenters. The molecule has 0 aliphatic heterocycles. The summed E-state index contributed by atoms with van der Waals surface area (Å²) in [4.78, 5) is 4.38. The fourth-order valence-corrected chi connectivity index (χ4v) is 2.53. The van der Waals surface area contributed by atoms with Gasteiger partial charge < -0.3 is 9.84 Å². The largest absolute Gasteiger partial charge is 0.361 e. The number of nitrogens with zero attached hydrogens (tertiary/aromatic N) is 3. The maximum atomic E-state index is 5.03. The number of nitrogens with one attached hydrogen (secondary N) is 2. The third-order valence-corrected chi connectivity index (χ3v) is 3.67. The lowest BCUT2D eigenvalue weighted by Gasteiger charge is -2.01. The zero-order valence-corrected chi connectivity index (χ0v) is 12.6. The summed E-state index contributed by atoms with van der Waals surface area (Å²) in [7, 11) is 0. The van der Waals surface area contributed by atoms with Gasteiger partial charge in [0.25, 0.3) is 0 Å². The summed E-state index contributed by atoms with van der Waals surface area (Å²) in [6.45, 7) is 3.92. The first-order chi connectivity index (χ1) is 10.2. The highest BCUT2D eigenvalue weighted by atomic mass is 32.2. The van der Waals surface area contributed by atoms with E-state index in [1.54, 1.807) is 0 Å². The molecule has 1 aromatic carbocycles. The van der Waals surface area contributed by atoms with Crippen LogP contribution in [0.5, 0.6) is 0 Å². The topological polar surface area (TPSA) is 79.6 Å². The van der Waals surface area contributed by atoms with Crippen LogP contribution in [0.1, 0.15) is 17.0 Å². The Morgan fingerprint density at radius 1 is 1.29 bits per heavy atom. The molecule has 2 aromatic heterocycles. The van der Waals surface area contributed by atoms with Crippen molar-refractivity contribution in [1.29, 1.82) is 0 Å². The van der Waals surface area contributed by atoms with Crippen molar-refractivity contribution in [3.8, 4) is 0 Å². The summed E-state index contributed by atoms with van der Waals surface area (Å²) in [5.41, 5.74) is 3.05. The van der Waals surface area contributed by atoms with Gasteiger partial charge >= 0.3 is 0 Å². The van der Waals surface area contributed by atoms with E-state index in [0.717, 1.165) is 22.3 Å². The van der Waals surface area contributed by atoms with Gasteiger partial charge in [-0.25, -0.2) is 0 Å². The average Bonchev–Trinajstić information content (AvgIpc) is 3.06. The van der Waals surface area contributed by atoms with E-state index in [1.807, 2.05) is 44.2 Å². The molecular formula is C14H15N5OS. The van der Waals surface area contributed by atoms with Gasteiger partial charge in [-0.15, -0.1) is 5.10 Å². The second-order valence-corrected chi connectivity index (χ2v) is 5.64. The Bertz CT molecular complexity index is 736. The highest BCUT2D eigenvalue weighted by Gasteiger charge is 2.06. The number of thioether (sulfide) groups is 1. The van der Waals surface area contributed by atoms with Crippen LogP contribution in [0, 0.1) is 13.8 Å². The predicted octanol–water partition coefficient (Wildman–Crippen LogP) is 3.45. The van der Waals surface area contributed by atoms with E-state index >= 15 is 0 Å². The second-order valence-electron chi connectivity index (χ2n) is 4.68. The lowest BCUT2D eigenvalue weighted by Crippen LogP contribution is -1.92. The Kier molecular flexibility index (Phi) is 3.92. The number of aryl methyl sites for hydroxylation is 2. The molecule has 0 aliphatic rings. The monoisotopic (exact) mass is 301 g/mol. The SMILES string of the molecule is Cc1cccc(Nc2n[nH]c(SCc3cc(C)on3)n2)c1. The van der Waals surface area contributed by atoms with Crippen molar-refractivity contribution in [3.63, 3.8) is 0 Å². The number of benzene rings is 1. The molecule has 3 rings (SSSR count). The highest BCUT2D eigenvalue weighted by molar-refractivity contribution is 7.98. The van der Waals surface area contributed by atoms with E-state index in [2.05, 4.69) is 25.7 Å². The maximum absolute atomic E-state index is 5.03. The van der Waals surface area contributed by atoms with Crippen molar-refractivity contribution < 1.29 is 4.52 Å². The van der Waals surface area contributed by atoms with Gasteiger partial charge in [-0.2, -0.15) is 4.98 Å². The van der Waals surface area contributed by atoms with Crippen molar-refractivity contribution >= 4 is 23.4 Å². The van der Waals surface area contributed by atoms with Crippen molar-refractivity contribution in [2.75, 3.05) is 5.32 Å². The summed E-state index contributed by atoms with van der Waals surface area (Å²) in [5, 5.41) is 14.9. The van der Waals surface area contributed by atoms with E-state index in [9.17, 15) is 0 Å². The predicted molar refractivity (Wildman–Crippen MR) is 81.6 cm³/mol. The zero-order valence-electron chi connectivity index (χ0n) is 11.8. The quantitative estimate of drug-likeness (QED) is 0.703. The smallest absolute Gasteiger partial charge is 0.247 e. The van der Waals surface area contributed by atoms with Crippen LogP contribution in [-0.4, -0.2) is 20.3 Å². The molecule has 0 spiro atoms. The number of hydrogen-bond donors (Lipinski definition) is 2. The van der Waals surface area contributed by atoms with Gasteiger partial charge in [0.2, 0.25) is 5.95 Å². The number of aromatic nitrogens is 4. The number of H-pyrrole nitrogens is 1. The first-order valence-electron chi connectivity index (χ1n) is 6.50. The van der Waals surface area contributed by atoms with Crippen LogP contribution in [0.15, 0.2) is 40.0 Å². The molecule has 0 radical (unpaired) electrons. The van der Waals surface area contributed by atoms with Crippen LogP contribution in [0.3, 0.4) is 0 Å². The van der Waals surface area contributed by atoms with Gasteiger partial charge in [0.15, 0.2) is 5.16 Å². The number of anilines is 2. The summed E-state index contributed by atoms with van der Waals surface area (Å²) in [5.74, 6) is 2.06. The van der Waals surface area contributed by atoms with Gasteiger partial charge in [0.05, 0.1) is 5.69 Å². The Balaban J connectivity index is 1.61. The third-order valence-electron chi connectivity index (χ3n) is 2.77. The molecule has 0 aliphatic carbocycles. The van der Waals surface area contributed by atoms with Gasteiger partial charge in [-0.05, 0) is 31.5 Å². The number of hydrogen-bond acceptors (Lipinski definition) is 6. The highest BCUT2D eigenvalue weighted by Crippen LogP contribution is 2.21.